The molecule has 1 aromatic heterocycles. The number of hydrogen-bond acceptors (Lipinski definition) is 1. The molecule has 16 heavy (non-hydrogen) atoms. The molecule has 1 nitrogen and oxygen atoms in total. The van der Waals surface area contributed by atoms with Crippen LogP contribution < -0.4 is 0 Å². The first-order valence-electron chi connectivity index (χ1n) is 4.52. The van der Waals surface area contributed by atoms with Gasteiger partial charge in [-0.1, -0.05) is 11.6 Å². The quantitative estimate of drug-likeness (QED) is 0.677. The molecule has 0 saturated heterocycles. The van der Waals surface area contributed by atoms with E-state index in [1.807, 2.05) is 0 Å². The second-order valence-corrected chi connectivity index (χ2v) is 3.91. The summed E-state index contributed by atoms with van der Waals surface area (Å²) in [6.07, 6.45) is -4.39. The molecule has 0 atom stereocenters. The van der Waals surface area contributed by atoms with Crippen molar-refractivity contribution in [1.82, 2.24) is 4.98 Å². The molecule has 0 saturated carbocycles. The molecule has 0 aliphatic carbocycles. The van der Waals surface area contributed by atoms with Gasteiger partial charge in [-0.05, 0) is 31.2 Å². The Labute approximate surface area is 94.9 Å². The van der Waals surface area contributed by atoms with Crippen molar-refractivity contribution in [3.63, 3.8) is 0 Å². The lowest BCUT2D eigenvalue weighted by Gasteiger charge is -2.11. The second kappa shape index (κ2) is 3.63. The van der Waals surface area contributed by atoms with Crippen molar-refractivity contribution in [3.8, 4) is 0 Å². The molecule has 0 aliphatic heterocycles. The Balaban J connectivity index is 2.85. The molecular weight excluding hydrogens is 239 g/mol. The minimum absolute atomic E-state index is 0.0330. The maximum Gasteiger partial charge on any atom is 0.417 e. The topological polar surface area (TPSA) is 12.9 Å². The lowest BCUT2D eigenvalue weighted by atomic mass is 10.1. The van der Waals surface area contributed by atoms with Gasteiger partial charge in [-0.15, -0.1) is 0 Å². The predicted octanol–water partition coefficient (Wildman–Crippen LogP) is 4.22. The van der Waals surface area contributed by atoms with Gasteiger partial charge in [0.15, 0.2) is 0 Å². The largest absolute Gasteiger partial charge is 0.417 e. The number of halogens is 4. The Bertz CT molecular complexity index is 549. The van der Waals surface area contributed by atoms with Gasteiger partial charge < -0.3 is 0 Å². The van der Waals surface area contributed by atoms with Crippen molar-refractivity contribution in [2.24, 2.45) is 0 Å². The SMILES string of the molecule is Cc1cc(C(F)(F)F)c2cc(Cl)ccc2n1. The predicted molar refractivity (Wildman–Crippen MR) is 56.5 cm³/mol. The van der Waals surface area contributed by atoms with Crippen molar-refractivity contribution in [2.45, 2.75) is 13.1 Å². The van der Waals surface area contributed by atoms with E-state index in [9.17, 15) is 13.2 Å². The van der Waals surface area contributed by atoms with Crippen molar-refractivity contribution < 1.29 is 13.2 Å². The van der Waals surface area contributed by atoms with Gasteiger partial charge in [0, 0.05) is 16.1 Å². The molecule has 0 bridgehead atoms. The normalized spacial score (nSPS) is 12.1. The van der Waals surface area contributed by atoms with Crippen molar-refractivity contribution >= 4 is 22.5 Å². The smallest absolute Gasteiger partial charge is 0.253 e. The molecule has 2 rings (SSSR count). The van der Waals surface area contributed by atoms with Crippen molar-refractivity contribution in [2.75, 3.05) is 0 Å². The zero-order valence-electron chi connectivity index (χ0n) is 8.27. The molecule has 0 aliphatic rings. The average Bonchev–Trinajstić information content (AvgIpc) is 2.16. The number of fused-ring (bicyclic) bond motifs is 1. The Hall–Kier alpha value is -1.29. The van der Waals surface area contributed by atoms with E-state index in [2.05, 4.69) is 4.98 Å². The third-order valence-electron chi connectivity index (χ3n) is 2.20. The molecule has 0 spiro atoms. The first-order valence-corrected chi connectivity index (χ1v) is 4.90. The molecule has 0 N–H and O–H groups in total. The molecule has 5 heteroatoms. The first-order chi connectivity index (χ1) is 7.38. The summed E-state index contributed by atoms with van der Waals surface area (Å²) in [5, 5.41) is 0.300. The van der Waals surface area contributed by atoms with Gasteiger partial charge >= 0.3 is 6.18 Å². The van der Waals surface area contributed by atoms with Gasteiger partial charge in [0.05, 0.1) is 11.1 Å². The fourth-order valence-electron chi connectivity index (χ4n) is 1.56. The van der Waals surface area contributed by atoms with Gasteiger partial charge in [0.1, 0.15) is 0 Å². The molecule has 0 amide bonds. The summed E-state index contributed by atoms with van der Waals surface area (Å²) in [6, 6.07) is 5.32. The van der Waals surface area contributed by atoms with Gasteiger partial charge in [-0.25, -0.2) is 0 Å². The fourth-order valence-corrected chi connectivity index (χ4v) is 1.74. The highest BCUT2D eigenvalue weighted by Gasteiger charge is 2.33. The zero-order valence-corrected chi connectivity index (χ0v) is 9.02. The van der Waals surface area contributed by atoms with E-state index in [4.69, 9.17) is 11.6 Å². The van der Waals surface area contributed by atoms with E-state index in [1.54, 1.807) is 0 Å². The van der Waals surface area contributed by atoms with E-state index in [-0.39, 0.29) is 10.4 Å². The number of aryl methyl sites for hydroxylation is 1. The van der Waals surface area contributed by atoms with E-state index < -0.39 is 11.7 Å². The van der Waals surface area contributed by atoms with Crippen LogP contribution in [0.5, 0.6) is 0 Å². The van der Waals surface area contributed by atoms with Crippen LogP contribution in [0.1, 0.15) is 11.3 Å². The maximum absolute atomic E-state index is 12.8. The molecule has 0 fully saturated rings. The van der Waals surface area contributed by atoms with Crippen LogP contribution in [0.15, 0.2) is 24.3 Å². The molecule has 84 valence electrons. The number of aromatic nitrogens is 1. The molecule has 0 radical (unpaired) electrons. The summed E-state index contributed by atoms with van der Waals surface area (Å²) in [5.74, 6) is 0. The van der Waals surface area contributed by atoms with Crippen LogP contribution in [0, 0.1) is 6.92 Å². The Morgan fingerprint density at radius 3 is 2.50 bits per heavy atom. The van der Waals surface area contributed by atoms with E-state index >= 15 is 0 Å². The highest BCUT2D eigenvalue weighted by Crippen LogP contribution is 2.35. The number of rotatable bonds is 0. The second-order valence-electron chi connectivity index (χ2n) is 3.47. The van der Waals surface area contributed by atoms with Crippen LogP contribution in [0.4, 0.5) is 13.2 Å². The maximum atomic E-state index is 12.8. The standard InChI is InChI=1S/C11H7ClF3N/c1-6-4-9(11(13,14)15)8-5-7(12)2-3-10(8)16-6/h2-5H,1H3. The van der Waals surface area contributed by atoms with Crippen LogP contribution in [0.2, 0.25) is 5.02 Å². The Kier molecular flexibility index (Phi) is 2.54. The Morgan fingerprint density at radius 1 is 1.19 bits per heavy atom. The minimum Gasteiger partial charge on any atom is -0.253 e. The summed E-state index contributed by atoms with van der Waals surface area (Å²) < 4.78 is 38.3. The molecular formula is C11H7ClF3N. The van der Waals surface area contributed by atoms with E-state index in [0.717, 1.165) is 6.07 Å². The lowest BCUT2D eigenvalue weighted by molar-refractivity contribution is -0.136. The highest BCUT2D eigenvalue weighted by atomic mass is 35.5. The summed E-state index contributed by atoms with van der Waals surface area (Å²) in [4.78, 5) is 4.03. The monoisotopic (exact) mass is 245 g/mol. The molecule has 2 aromatic rings. The van der Waals surface area contributed by atoms with Crippen LogP contribution in [-0.2, 0) is 6.18 Å². The van der Waals surface area contributed by atoms with Gasteiger partial charge in [0.25, 0.3) is 0 Å². The number of alkyl halides is 3. The van der Waals surface area contributed by atoms with Crippen LogP contribution in [0.25, 0.3) is 10.9 Å². The van der Waals surface area contributed by atoms with Crippen LogP contribution in [-0.4, -0.2) is 4.98 Å². The zero-order chi connectivity index (χ0) is 11.9. The fraction of sp³-hybridized carbons (Fsp3) is 0.182. The number of hydrogen-bond donors (Lipinski definition) is 0. The third-order valence-corrected chi connectivity index (χ3v) is 2.44. The third kappa shape index (κ3) is 1.97. The summed E-state index contributed by atoms with van der Waals surface area (Å²) in [6.45, 7) is 1.53. The number of nitrogens with zero attached hydrogens (tertiary/aromatic N) is 1. The Morgan fingerprint density at radius 2 is 1.88 bits per heavy atom. The first kappa shape index (κ1) is 11.2. The number of benzene rings is 1. The summed E-state index contributed by atoms with van der Waals surface area (Å²) >= 11 is 5.69. The average molecular weight is 246 g/mol. The van der Waals surface area contributed by atoms with Gasteiger partial charge in [0.2, 0.25) is 0 Å². The summed E-state index contributed by atoms with van der Waals surface area (Å²) in [5.41, 5.74) is -0.0589. The molecule has 0 unspecified atom stereocenters. The van der Waals surface area contributed by atoms with Gasteiger partial charge in [-0.3, -0.25) is 4.98 Å². The lowest BCUT2D eigenvalue weighted by Crippen LogP contribution is -2.07. The molecule has 1 aromatic carbocycles. The highest BCUT2D eigenvalue weighted by molar-refractivity contribution is 6.31. The van der Waals surface area contributed by atoms with E-state index in [1.165, 1.54) is 25.1 Å². The van der Waals surface area contributed by atoms with Gasteiger partial charge in [-0.2, -0.15) is 13.2 Å². The van der Waals surface area contributed by atoms with Crippen molar-refractivity contribution in [3.05, 3.63) is 40.5 Å². The van der Waals surface area contributed by atoms with Crippen LogP contribution >= 0.6 is 11.6 Å². The van der Waals surface area contributed by atoms with Crippen molar-refractivity contribution in [1.29, 1.82) is 0 Å². The van der Waals surface area contributed by atoms with Crippen LogP contribution in [0.3, 0.4) is 0 Å². The minimum atomic E-state index is -4.39. The summed E-state index contributed by atoms with van der Waals surface area (Å²) in [7, 11) is 0. The molecule has 1 heterocycles. The van der Waals surface area contributed by atoms with E-state index in [0.29, 0.717) is 11.2 Å². The number of pyridine rings is 1.